The minimum Gasteiger partial charge on any atom is -0.466 e. The Balaban J connectivity index is 3.35. The van der Waals surface area contributed by atoms with Gasteiger partial charge in [-0.25, -0.2) is 0 Å². The van der Waals surface area contributed by atoms with Crippen LogP contribution in [0.4, 0.5) is 0 Å². The first kappa shape index (κ1) is 73.6. The average molecular weight is 1060 g/mol. The summed E-state index contributed by atoms with van der Waals surface area (Å²) < 4.78 is 5.50. The molecule has 0 spiro atoms. The molecule has 0 fully saturated rings. The van der Waals surface area contributed by atoms with Crippen molar-refractivity contribution in [3.8, 4) is 0 Å². The highest BCUT2D eigenvalue weighted by atomic mass is 16.5. The fourth-order valence-corrected chi connectivity index (χ4v) is 11.1. The normalized spacial score (nSPS) is 12.5. The molecule has 2 atom stereocenters. The van der Waals surface area contributed by atoms with E-state index in [0.717, 1.165) is 38.5 Å². The Morgan fingerprint density at radius 3 is 0.907 bits per heavy atom. The van der Waals surface area contributed by atoms with E-state index in [4.69, 9.17) is 4.74 Å². The zero-order valence-corrected chi connectivity index (χ0v) is 51.1. The van der Waals surface area contributed by atoms with Crippen molar-refractivity contribution in [1.29, 1.82) is 0 Å². The Hall–Kier alpha value is -1.40. The number of aliphatic hydroxyl groups is 2. The van der Waals surface area contributed by atoms with Crippen molar-refractivity contribution in [1.82, 2.24) is 5.32 Å². The van der Waals surface area contributed by atoms with E-state index in [2.05, 4.69) is 19.2 Å². The largest absolute Gasteiger partial charge is 0.466 e. The van der Waals surface area contributed by atoms with Crippen LogP contribution in [0, 0.1) is 0 Å². The molecular weight excluding hydrogens is 923 g/mol. The topological polar surface area (TPSA) is 95.9 Å². The summed E-state index contributed by atoms with van der Waals surface area (Å²) in [5, 5.41) is 23.2. The molecule has 0 aromatic rings. The number of rotatable bonds is 65. The Morgan fingerprint density at radius 2 is 0.613 bits per heavy atom. The SMILES string of the molecule is CCCCCCCCCCCCCCCC/C=C/C(O)C(CO)NC(=O)CCCCCCCCCCCCCCCCCCCCCCCCCCCCCOC(=O)CCCCCCCCCCCCCCCCC. The van der Waals surface area contributed by atoms with Crippen molar-refractivity contribution in [2.75, 3.05) is 13.2 Å². The monoisotopic (exact) mass is 1060 g/mol. The summed E-state index contributed by atoms with van der Waals surface area (Å²) in [5.41, 5.74) is 0. The summed E-state index contributed by atoms with van der Waals surface area (Å²) in [5.74, 6) is -0.0406. The third-order valence-electron chi connectivity index (χ3n) is 16.3. The van der Waals surface area contributed by atoms with Crippen molar-refractivity contribution in [2.24, 2.45) is 0 Å². The molecule has 0 radical (unpaired) electrons. The minimum absolute atomic E-state index is 0.0215. The quantitative estimate of drug-likeness (QED) is 0.0320. The number of carbonyl (C=O) groups is 2. The minimum atomic E-state index is -0.842. The number of ether oxygens (including phenoxy) is 1. The molecule has 3 N–H and O–H groups in total. The Kier molecular flexibility index (Phi) is 63.9. The third-order valence-corrected chi connectivity index (χ3v) is 16.3. The van der Waals surface area contributed by atoms with E-state index in [-0.39, 0.29) is 18.5 Å². The van der Waals surface area contributed by atoms with Gasteiger partial charge >= 0.3 is 5.97 Å². The molecule has 0 aromatic carbocycles. The number of allylic oxidation sites excluding steroid dienone is 1. The molecule has 0 bridgehead atoms. The van der Waals surface area contributed by atoms with E-state index in [1.54, 1.807) is 6.08 Å². The van der Waals surface area contributed by atoms with E-state index in [1.807, 2.05) is 6.08 Å². The van der Waals surface area contributed by atoms with Crippen LogP contribution in [0.2, 0.25) is 0 Å². The number of aliphatic hydroxyl groups excluding tert-OH is 2. The first-order valence-electron chi connectivity index (χ1n) is 34.5. The summed E-state index contributed by atoms with van der Waals surface area (Å²) in [6.07, 6.45) is 80.0. The summed E-state index contributed by atoms with van der Waals surface area (Å²) >= 11 is 0. The lowest BCUT2D eigenvalue weighted by Crippen LogP contribution is -2.45. The highest BCUT2D eigenvalue weighted by Crippen LogP contribution is 2.19. The van der Waals surface area contributed by atoms with Crippen LogP contribution in [-0.4, -0.2) is 47.4 Å². The van der Waals surface area contributed by atoms with Crippen molar-refractivity contribution >= 4 is 11.9 Å². The maximum absolute atomic E-state index is 12.5. The number of carbonyl (C=O) groups excluding carboxylic acids is 2. The molecule has 0 aliphatic carbocycles. The molecule has 75 heavy (non-hydrogen) atoms. The van der Waals surface area contributed by atoms with Gasteiger partial charge in [0.15, 0.2) is 0 Å². The Morgan fingerprint density at radius 1 is 0.360 bits per heavy atom. The van der Waals surface area contributed by atoms with Gasteiger partial charge in [0.1, 0.15) is 0 Å². The highest BCUT2D eigenvalue weighted by molar-refractivity contribution is 5.76. The zero-order chi connectivity index (χ0) is 54.3. The Bertz CT molecular complexity index is 1130. The van der Waals surface area contributed by atoms with Crippen LogP contribution < -0.4 is 5.32 Å². The fourth-order valence-electron chi connectivity index (χ4n) is 11.1. The lowest BCUT2D eigenvalue weighted by molar-refractivity contribution is -0.143. The summed E-state index contributed by atoms with van der Waals surface area (Å²) in [6.45, 7) is 4.95. The molecule has 0 aliphatic rings. The lowest BCUT2D eigenvalue weighted by atomic mass is 10.0. The lowest BCUT2D eigenvalue weighted by Gasteiger charge is -2.20. The molecule has 0 saturated heterocycles. The molecule has 6 heteroatoms. The standard InChI is InChI=1S/C69H135NO5/c1-3-5-7-9-11-13-15-17-19-34-37-41-45-49-53-57-61-67(72)66(65-71)70-68(73)62-58-54-50-46-42-38-35-31-29-27-25-23-21-20-22-24-26-28-30-32-36-40-44-48-52-56-60-64-75-69(74)63-59-55-51-47-43-39-33-18-16-14-12-10-8-6-4-2/h57,61,66-67,71-72H,3-56,58-60,62-65H2,1-2H3,(H,70,73)/b61-57+. The molecule has 0 rings (SSSR count). The zero-order valence-electron chi connectivity index (χ0n) is 51.1. The smallest absolute Gasteiger partial charge is 0.305 e. The predicted octanol–water partition coefficient (Wildman–Crippen LogP) is 22.0. The van der Waals surface area contributed by atoms with Gasteiger partial charge in [0.25, 0.3) is 0 Å². The summed E-state index contributed by atoms with van der Waals surface area (Å²) in [4.78, 5) is 24.6. The fraction of sp³-hybridized carbons (Fsp3) is 0.942. The number of amides is 1. The molecule has 1 amide bonds. The van der Waals surface area contributed by atoms with Gasteiger partial charge in [-0.3, -0.25) is 9.59 Å². The maximum atomic E-state index is 12.5. The van der Waals surface area contributed by atoms with Gasteiger partial charge in [0, 0.05) is 12.8 Å². The van der Waals surface area contributed by atoms with E-state index in [0.29, 0.717) is 19.4 Å². The number of esters is 1. The molecular formula is C69H135NO5. The van der Waals surface area contributed by atoms with Gasteiger partial charge in [0.05, 0.1) is 25.4 Å². The second-order valence-electron chi connectivity index (χ2n) is 23.9. The van der Waals surface area contributed by atoms with Gasteiger partial charge in [-0.2, -0.15) is 0 Å². The van der Waals surface area contributed by atoms with Crippen LogP contribution in [-0.2, 0) is 14.3 Å². The van der Waals surface area contributed by atoms with Crippen molar-refractivity contribution in [3.05, 3.63) is 12.2 Å². The van der Waals surface area contributed by atoms with Crippen LogP contribution in [0.3, 0.4) is 0 Å². The van der Waals surface area contributed by atoms with Crippen molar-refractivity contribution < 1.29 is 24.5 Å². The van der Waals surface area contributed by atoms with E-state index in [9.17, 15) is 19.8 Å². The molecule has 0 heterocycles. The van der Waals surface area contributed by atoms with Crippen LogP contribution in [0.15, 0.2) is 12.2 Å². The molecule has 6 nitrogen and oxygen atoms in total. The second kappa shape index (κ2) is 65.1. The van der Waals surface area contributed by atoms with Crippen LogP contribution >= 0.6 is 0 Å². The molecule has 2 unspecified atom stereocenters. The van der Waals surface area contributed by atoms with Crippen molar-refractivity contribution in [2.45, 2.75) is 405 Å². The van der Waals surface area contributed by atoms with Crippen LogP contribution in [0.5, 0.6) is 0 Å². The summed E-state index contributed by atoms with van der Waals surface area (Å²) in [7, 11) is 0. The predicted molar refractivity (Wildman–Crippen MR) is 329 cm³/mol. The number of nitrogens with one attached hydrogen (secondary N) is 1. The van der Waals surface area contributed by atoms with Gasteiger partial charge in [-0.05, 0) is 32.1 Å². The first-order chi connectivity index (χ1) is 37.0. The van der Waals surface area contributed by atoms with Gasteiger partial charge in [-0.15, -0.1) is 0 Å². The number of unbranched alkanes of at least 4 members (excludes halogenated alkanes) is 54. The number of hydrogen-bond acceptors (Lipinski definition) is 5. The number of hydrogen-bond donors (Lipinski definition) is 3. The maximum Gasteiger partial charge on any atom is 0.305 e. The van der Waals surface area contributed by atoms with Gasteiger partial charge < -0.3 is 20.3 Å². The molecule has 0 saturated carbocycles. The highest BCUT2D eigenvalue weighted by Gasteiger charge is 2.18. The Labute approximate surface area is 469 Å². The average Bonchev–Trinajstić information content (AvgIpc) is 3.41. The van der Waals surface area contributed by atoms with Crippen LogP contribution in [0.1, 0.15) is 393 Å². The second-order valence-corrected chi connectivity index (χ2v) is 23.9. The molecule has 446 valence electrons. The van der Waals surface area contributed by atoms with E-state index in [1.165, 1.54) is 327 Å². The molecule has 0 aliphatic heterocycles. The van der Waals surface area contributed by atoms with Gasteiger partial charge in [-0.1, -0.05) is 360 Å². The van der Waals surface area contributed by atoms with Crippen molar-refractivity contribution in [3.63, 3.8) is 0 Å². The molecule has 0 aromatic heterocycles. The van der Waals surface area contributed by atoms with E-state index < -0.39 is 12.1 Å². The van der Waals surface area contributed by atoms with Gasteiger partial charge in [0.2, 0.25) is 5.91 Å². The third kappa shape index (κ3) is 61.7. The first-order valence-corrected chi connectivity index (χ1v) is 34.5. The summed E-state index contributed by atoms with van der Waals surface area (Å²) in [6, 6.07) is -0.625. The van der Waals surface area contributed by atoms with Crippen LogP contribution in [0.25, 0.3) is 0 Å². The van der Waals surface area contributed by atoms with E-state index >= 15 is 0 Å².